The normalized spacial score (nSPS) is 11.2. The highest BCUT2D eigenvalue weighted by molar-refractivity contribution is 5.92. The zero-order valence-corrected chi connectivity index (χ0v) is 13.0. The fraction of sp³-hybridized carbons (Fsp3) is 0.312. The van der Waals surface area contributed by atoms with E-state index in [-0.39, 0.29) is 17.3 Å². The second kappa shape index (κ2) is 7.76. The van der Waals surface area contributed by atoms with E-state index in [0.717, 1.165) is 18.9 Å². The minimum atomic E-state index is -4.50. The summed E-state index contributed by atoms with van der Waals surface area (Å²) in [7, 11) is 0. The Hall–Kier alpha value is -2.64. The van der Waals surface area contributed by atoms with Gasteiger partial charge in [0.25, 0.3) is 5.91 Å². The van der Waals surface area contributed by atoms with Crippen molar-refractivity contribution in [2.45, 2.75) is 25.9 Å². The van der Waals surface area contributed by atoms with Crippen molar-refractivity contribution in [1.82, 2.24) is 15.3 Å². The topological polar surface area (TPSA) is 66.9 Å². The molecule has 2 N–H and O–H groups in total. The van der Waals surface area contributed by atoms with Crippen LogP contribution in [0.5, 0.6) is 0 Å². The Morgan fingerprint density at radius 1 is 1.21 bits per heavy atom. The average Bonchev–Trinajstić information content (AvgIpc) is 2.55. The van der Waals surface area contributed by atoms with Gasteiger partial charge in [-0.15, -0.1) is 0 Å². The summed E-state index contributed by atoms with van der Waals surface area (Å²) in [6.45, 7) is 2.51. The zero-order valence-electron chi connectivity index (χ0n) is 13.0. The first kappa shape index (κ1) is 17.7. The van der Waals surface area contributed by atoms with Crippen LogP contribution in [-0.2, 0) is 6.18 Å². The van der Waals surface area contributed by atoms with Crippen molar-refractivity contribution in [3.8, 4) is 0 Å². The van der Waals surface area contributed by atoms with Crippen LogP contribution >= 0.6 is 0 Å². The molecule has 8 heteroatoms. The first-order chi connectivity index (χ1) is 11.4. The molecule has 0 atom stereocenters. The van der Waals surface area contributed by atoms with Gasteiger partial charge < -0.3 is 10.6 Å². The van der Waals surface area contributed by atoms with Gasteiger partial charge in [-0.1, -0.05) is 25.5 Å². The number of para-hydroxylation sites is 1. The number of hydrogen-bond acceptors (Lipinski definition) is 4. The van der Waals surface area contributed by atoms with Crippen LogP contribution in [0.3, 0.4) is 0 Å². The van der Waals surface area contributed by atoms with Crippen LogP contribution in [0.4, 0.5) is 24.8 Å². The second-order valence-corrected chi connectivity index (χ2v) is 5.04. The Morgan fingerprint density at radius 3 is 2.67 bits per heavy atom. The Kier molecular flexibility index (Phi) is 5.73. The molecule has 0 radical (unpaired) electrons. The molecule has 1 aromatic carbocycles. The third-order valence-electron chi connectivity index (χ3n) is 3.18. The number of carbonyl (C=O) groups is 1. The lowest BCUT2D eigenvalue weighted by molar-refractivity contribution is -0.136. The summed E-state index contributed by atoms with van der Waals surface area (Å²) in [5.41, 5.74) is -0.909. The molecule has 0 fully saturated rings. The van der Waals surface area contributed by atoms with E-state index >= 15 is 0 Å². The molecular formula is C16H17F3N4O. The zero-order chi connectivity index (χ0) is 17.6. The Balaban J connectivity index is 2.17. The summed E-state index contributed by atoms with van der Waals surface area (Å²) in [5.74, 6) is -0.465. The van der Waals surface area contributed by atoms with E-state index in [2.05, 4.69) is 20.6 Å². The van der Waals surface area contributed by atoms with Crippen LogP contribution in [0.15, 0.2) is 36.5 Å². The number of anilines is 2. The molecule has 0 saturated heterocycles. The Morgan fingerprint density at radius 2 is 1.96 bits per heavy atom. The van der Waals surface area contributed by atoms with Crippen molar-refractivity contribution in [2.24, 2.45) is 0 Å². The summed E-state index contributed by atoms with van der Waals surface area (Å²) < 4.78 is 39.0. The number of hydrogen-bond donors (Lipinski definition) is 2. The van der Waals surface area contributed by atoms with Crippen LogP contribution in [0.25, 0.3) is 0 Å². The van der Waals surface area contributed by atoms with Crippen LogP contribution in [0.1, 0.15) is 35.8 Å². The highest BCUT2D eigenvalue weighted by Gasteiger charge is 2.33. The highest BCUT2D eigenvalue weighted by atomic mass is 19.4. The molecule has 0 aliphatic carbocycles. The van der Waals surface area contributed by atoms with Gasteiger partial charge in [-0.3, -0.25) is 4.79 Å². The third kappa shape index (κ3) is 4.68. The van der Waals surface area contributed by atoms with Crippen LogP contribution in [0.2, 0.25) is 0 Å². The van der Waals surface area contributed by atoms with E-state index in [9.17, 15) is 18.0 Å². The number of alkyl halides is 3. The second-order valence-electron chi connectivity index (χ2n) is 5.04. The fourth-order valence-electron chi connectivity index (χ4n) is 1.97. The Labute approximate surface area is 137 Å². The number of carbonyl (C=O) groups excluding carboxylic acids is 1. The van der Waals surface area contributed by atoms with Gasteiger partial charge in [0, 0.05) is 12.7 Å². The van der Waals surface area contributed by atoms with E-state index < -0.39 is 17.6 Å². The number of halogens is 3. The smallest absolute Gasteiger partial charge is 0.351 e. The molecule has 2 aromatic rings. The minimum Gasteiger partial charge on any atom is -0.351 e. The summed E-state index contributed by atoms with van der Waals surface area (Å²) in [6, 6.07) is 6.41. The predicted molar refractivity (Wildman–Crippen MR) is 84.0 cm³/mol. The van der Waals surface area contributed by atoms with Crippen LogP contribution in [0, 0.1) is 0 Å². The summed E-state index contributed by atoms with van der Waals surface area (Å²) >= 11 is 0. The van der Waals surface area contributed by atoms with E-state index in [1.54, 1.807) is 0 Å². The van der Waals surface area contributed by atoms with Gasteiger partial charge in [0.2, 0.25) is 5.95 Å². The van der Waals surface area contributed by atoms with Gasteiger partial charge >= 0.3 is 6.18 Å². The lowest BCUT2D eigenvalue weighted by Crippen LogP contribution is -2.25. The van der Waals surface area contributed by atoms with E-state index in [0.29, 0.717) is 6.54 Å². The van der Waals surface area contributed by atoms with Crippen molar-refractivity contribution in [1.29, 1.82) is 0 Å². The predicted octanol–water partition coefficient (Wildman–Crippen LogP) is 3.77. The molecule has 0 unspecified atom stereocenters. The van der Waals surface area contributed by atoms with Crippen molar-refractivity contribution >= 4 is 17.5 Å². The van der Waals surface area contributed by atoms with Gasteiger partial charge in [0.05, 0.1) is 11.3 Å². The number of unbranched alkanes of at least 4 members (excludes halogenated alkanes) is 1. The largest absolute Gasteiger partial charge is 0.418 e. The van der Waals surface area contributed by atoms with Gasteiger partial charge in [0.1, 0.15) is 5.69 Å². The van der Waals surface area contributed by atoms with E-state index in [1.165, 1.54) is 30.5 Å². The van der Waals surface area contributed by atoms with Crippen molar-refractivity contribution < 1.29 is 18.0 Å². The molecular weight excluding hydrogens is 321 g/mol. The summed E-state index contributed by atoms with van der Waals surface area (Å²) in [6.07, 6.45) is -1.41. The molecule has 128 valence electrons. The van der Waals surface area contributed by atoms with Crippen molar-refractivity contribution in [2.75, 3.05) is 11.9 Å². The van der Waals surface area contributed by atoms with Gasteiger partial charge in [0.15, 0.2) is 0 Å². The number of rotatable bonds is 6. The van der Waals surface area contributed by atoms with Crippen LogP contribution in [-0.4, -0.2) is 22.4 Å². The molecule has 2 rings (SSSR count). The molecule has 1 amide bonds. The quantitative estimate of drug-likeness (QED) is 0.787. The number of aromatic nitrogens is 2. The maximum absolute atomic E-state index is 13.0. The van der Waals surface area contributed by atoms with E-state index in [1.807, 2.05) is 6.92 Å². The molecule has 0 spiro atoms. The lowest BCUT2D eigenvalue weighted by atomic mass is 10.1. The molecule has 1 heterocycles. The molecule has 0 bridgehead atoms. The number of amides is 1. The van der Waals surface area contributed by atoms with Gasteiger partial charge in [-0.25, -0.2) is 9.97 Å². The first-order valence-corrected chi connectivity index (χ1v) is 7.46. The molecule has 5 nitrogen and oxygen atoms in total. The number of benzene rings is 1. The maximum Gasteiger partial charge on any atom is 0.418 e. The first-order valence-electron chi connectivity index (χ1n) is 7.46. The average molecular weight is 338 g/mol. The molecule has 24 heavy (non-hydrogen) atoms. The highest BCUT2D eigenvalue weighted by Crippen LogP contribution is 2.35. The SMILES string of the molecule is CCCCNC(=O)c1ccnc(Nc2ccccc2C(F)(F)F)n1. The number of nitrogens with zero attached hydrogens (tertiary/aromatic N) is 2. The lowest BCUT2D eigenvalue weighted by Gasteiger charge is -2.13. The maximum atomic E-state index is 13.0. The molecule has 0 aliphatic heterocycles. The molecule has 1 aromatic heterocycles. The number of nitrogens with one attached hydrogen (secondary N) is 2. The third-order valence-corrected chi connectivity index (χ3v) is 3.18. The Bertz CT molecular complexity index is 704. The standard InChI is InChI=1S/C16H17F3N4O/c1-2-3-9-20-14(24)13-8-10-21-15(23-13)22-12-7-5-4-6-11(12)16(17,18)19/h4-8,10H,2-3,9H2,1H3,(H,20,24)(H,21,22,23). The fourth-order valence-corrected chi connectivity index (χ4v) is 1.97. The van der Waals surface area contributed by atoms with Gasteiger partial charge in [-0.2, -0.15) is 13.2 Å². The van der Waals surface area contributed by atoms with Crippen LogP contribution < -0.4 is 10.6 Å². The van der Waals surface area contributed by atoms with Crippen molar-refractivity contribution in [3.05, 3.63) is 47.8 Å². The minimum absolute atomic E-state index is 0.0742. The molecule has 0 aliphatic rings. The summed E-state index contributed by atoms with van der Waals surface area (Å²) in [4.78, 5) is 19.8. The monoisotopic (exact) mass is 338 g/mol. The molecule has 0 saturated carbocycles. The van der Waals surface area contributed by atoms with Crippen molar-refractivity contribution in [3.63, 3.8) is 0 Å². The van der Waals surface area contributed by atoms with Gasteiger partial charge in [-0.05, 0) is 24.6 Å². The summed E-state index contributed by atoms with van der Waals surface area (Å²) in [5, 5.41) is 5.21. The van der Waals surface area contributed by atoms with E-state index in [4.69, 9.17) is 0 Å².